The summed E-state index contributed by atoms with van der Waals surface area (Å²) in [4.78, 5) is 22.3. The number of rotatable bonds is 6. The molecular weight excluding hydrogens is 252 g/mol. The Morgan fingerprint density at radius 2 is 1.84 bits per heavy atom. The van der Waals surface area contributed by atoms with Crippen molar-refractivity contribution in [3.8, 4) is 11.5 Å². The number of anilines is 2. The molecule has 7 nitrogen and oxygen atoms in total. The molecule has 0 aliphatic rings. The zero-order chi connectivity index (χ0) is 14.6. The molecule has 0 saturated carbocycles. The third-order valence-corrected chi connectivity index (χ3v) is 2.51. The van der Waals surface area contributed by atoms with Crippen LogP contribution in [0.3, 0.4) is 0 Å². The molecule has 104 valence electrons. The molecule has 7 heteroatoms. The van der Waals surface area contributed by atoms with Crippen molar-refractivity contribution < 1.29 is 24.2 Å². The van der Waals surface area contributed by atoms with Gasteiger partial charge in [-0.2, -0.15) is 0 Å². The van der Waals surface area contributed by atoms with Crippen LogP contribution in [0.25, 0.3) is 0 Å². The summed E-state index contributed by atoms with van der Waals surface area (Å²) in [7, 11) is 2.84. The lowest BCUT2D eigenvalue weighted by Crippen LogP contribution is -2.35. The normalized spacial score (nSPS) is 11.5. The van der Waals surface area contributed by atoms with E-state index in [1.807, 2.05) is 0 Å². The topological polar surface area (TPSA) is 111 Å². The lowest BCUT2D eigenvalue weighted by Gasteiger charge is -2.17. The van der Waals surface area contributed by atoms with E-state index in [0.717, 1.165) is 0 Å². The highest BCUT2D eigenvalue weighted by Gasteiger charge is 2.24. The minimum Gasteiger partial charge on any atom is -0.495 e. The third kappa shape index (κ3) is 3.27. The number of Topliss-reactive ketones (excluding diaryl/α,β-unsaturated/α-hetero) is 1. The van der Waals surface area contributed by atoms with Gasteiger partial charge in [0.25, 0.3) is 0 Å². The number of benzene rings is 1. The Morgan fingerprint density at radius 3 is 2.26 bits per heavy atom. The first-order chi connectivity index (χ1) is 8.90. The van der Waals surface area contributed by atoms with Crippen molar-refractivity contribution in [1.29, 1.82) is 0 Å². The summed E-state index contributed by atoms with van der Waals surface area (Å²) in [5, 5.41) is 11.6. The van der Waals surface area contributed by atoms with Gasteiger partial charge in [-0.3, -0.25) is 4.79 Å². The number of nitrogens with one attached hydrogen (secondary N) is 1. The second kappa shape index (κ2) is 5.94. The van der Waals surface area contributed by atoms with E-state index in [1.54, 1.807) is 0 Å². The van der Waals surface area contributed by atoms with E-state index in [2.05, 4.69) is 5.32 Å². The van der Waals surface area contributed by atoms with Gasteiger partial charge in [-0.15, -0.1) is 0 Å². The molecule has 0 fully saturated rings. The minimum absolute atomic E-state index is 0.316. The molecule has 0 bridgehead atoms. The molecule has 1 unspecified atom stereocenters. The molecular formula is C12H16N2O5. The molecule has 0 aromatic heterocycles. The number of ketones is 1. The summed E-state index contributed by atoms with van der Waals surface area (Å²) in [5.74, 6) is -1.11. The standard InChI is InChI=1S/C12H16N2O5/c1-6(15)11(12(16)17)14-8-5-9(18-2)7(13)4-10(8)19-3/h4-5,11,14H,13H2,1-3H3,(H,16,17). The molecule has 1 aromatic rings. The Balaban J connectivity index is 3.17. The Bertz CT molecular complexity index is 487. The molecule has 0 amide bonds. The van der Waals surface area contributed by atoms with E-state index in [0.29, 0.717) is 22.9 Å². The Hall–Kier alpha value is -2.44. The molecule has 0 aliphatic carbocycles. The second-order valence-electron chi connectivity index (χ2n) is 3.82. The third-order valence-electron chi connectivity index (χ3n) is 2.51. The fourth-order valence-corrected chi connectivity index (χ4v) is 1.53. The van der Waals surface area contributed by atoms with Crippen LogP contribution in [-0.2, 0) is 9.59 Å². The number of methoxy groups -OCH3 is 2. The second-order valence-corrected chi connectivity index (χ2v) is 3.82. The van der Waals surface area contributed by atoms with E-state index in [9.17, 15) is 9.59 Å². The zero-order valence-corrected chi connectivity index (χ0v) is 10.9. The highest BCUT2D eigenvalue weighted by atomic mass is 16.5. The summed E-state index contributed by atoms with van der Waals surface area (Å²) in [6, 6.07) is 1.61. The van der Waals surface area contributed by atoms with Gasteiger partial charge in [-0.25, -0.2) is 4.79 Å². The number of carbonyl (C=O) groups is 2. The van der Waals surface area contributed by atoms with E-state index in [-0.39, 0.29) is 0 Å². The van der Waals surface area contributed by atoms with Crippen LogP contribution < -0.4 is 20.5 Å². The molecule has 19 heavy (non-hydrogen) atoms. The zero-order valence-electron chi connectivity index (χ0n) is 10.9. The molecule has 0 spiro atoms. The highest BCUT2D eigenvalue weighted by molar-refractivity contribution is 6.04. The molecule has 1 atom stereocenters. The van der Waals surface area contributed by atoms with E-state index >= 15 is 0 Å². The first-order valence-electron chi connectivity index (χ1n) is 5.42. The first-order valence-corrected chi connectivity index (χ1v) is 5.42. The predicted octanol–water partition coefficient (Wildman–Crippen LogP) is 0.740. The van der Waals surface area contributed by atoms with E-state index < -0.39 is 17.8 Å². The van der Waals surface area contributed by atoms with Crippen molar-refractivity contribution in [1.82, 2.24) is 0 Å². The van der Waals surface area contributed by atoms with Crippen molar-refractivity contribution in [3.63, 3.8) is 0 Å². The van der Waals surface area contributed by atoms with Gasteiger partial charge >= 0.3 is 5.97 Å². The largest absolute Gasteiger partial charge is 0.495 e. The van der Waals surface area contributed by atoms with Crippen LogP contribution >= 0.6 is 0 Å². The number of hydrogen-bond donors (Lipinski definition) is 3. The van der Waals surface area contributed by atoms with Gasteiger partial charge in [0.05, 0.1) is 25.6 Å². The lowest BCUT2D eigenvalue weighted by molar-refractivity contribution is -0.140. The van der Waals surface area contributed by atoms with Gasteiger partial charge in [-0.05, 0) is 6.92 Å². The SMILES string of the molecule is COc1cc(NC(C(C)=O)C(=O)O)c(OC)cc1N. The molecule has 0 saturated heterocycles. The maximum absolute atomic E-state index is 11.3. The first kappa shape index (κ1) is 14.6. The minimum atomic E-state index is -1.36. The van der Waals surface area contributed by atoms with Gasteiger partial charge < -0.3 is 25.6 Å². The van der Waals surface area contributed by atoms with Gasteiger partial charge in [0.1, 0.15) is 11.5 Å². The number of nitrogens with two attached hydrogens (primary N) is 1. The average molecular weight is 268 g/mol. The summed E-state index contributed by atoms with van der Waals surface area (Å²) in [5.41, 5.74) is 6.37. The Labute approximate surface area is 110 Å². The summed E-state index contributed by atoms with van der Waals surface area (Å²) in [6.07, 6.45) is 0. The van der Waals surface area contributed by atoms with Crippen molar-refractivity contribution in [2.75, 3.05) is 25.3 Å². The van der Waals surface area contributed by atoms with Crippen molar-refractivity contribution >= 4 is 23.1 Å². The maximum Gasteiger partial charge on any atom is 0.333 e. The fraction of sp³-hybridized carbons (Fsp3) is 0.333. The van der Waals surface area contributed by atoms with Gasteiger partial charge in [-0.1, -0.05) is 0 Å². The van der Waals surface area contributed by atoms with E-state index in [1.165, 1.54) is 33.3 Å². The van der Waals surface area contributed by atoms with Gasteiger partial charge in [0, 0.05) is 12.1 Å². The van der Waals surface area contributed by atoms with E-state index in [4.69, 9.17) is 20.3 Å². The van der Waals surface area contributed by atoms with Gasteiger partial charge in [0.15, 0.2) is 11.8 Å². The molecule has 1 aromatic carbocycles. The summed E-state index contributed by atoms with van der Waals surface area (Å²) in [6.45, 7) is 1.19. The predicted molar refractivity (Wildman–Crippen MR) is 69.7 cm³/mol. The van der Waals surface area contributed by atoms with Crippen LogP contribution in [0, 0.1) is 0 Å². The number of carboxylic acids is 1. The maximum atomic E-state index is 11.3. The quantitative estimate of drug-likeness (QED) is 0.515. The van der Waals surface area contributed by atoms with Crippen LogP contribution in [0.4, 0.5) is 11.4 Å². The van der Waals surface area contributed by atoms with Crippen LogP contribution in [0.2, 0.25) is 0 Å². The number of carbonyl (C=O) groups excluding carboxylic acids is 1. The summed E-state index contributed by atoms with van der Waals surface area (Å²) < 4.78 is 10.1. The van der Waals surface area contributed by atoms with Crippen LogP contribution in [0.1, 0.15) is 6.92 Å². The summed E-state index contributed by atoms with van der Waals surface area (Å²) >= 11 is 0. The molecule has 0 aliphatic heterocycles. The van der Waals surface area contributed by atoms with Gasteiger partial charge in [0.2, 0.25) is 0 Å². The van der Waals surface area contributed by atoms with Crippen LogP contribution in [0.15, 0.2) is 12.1 Å². The highest BCUT2D eigenvalue weighted by Crippen LogP contribution is 2.34. The average Bonchev–Trinajstić information content (AvgIpc) is 2.35. The Morgan fingerprint density at radius 1 is 1.26 bits per heavy atom. The number of carboxylic acid groups (broad SMARTS) is 1. The van der Waals surface area contributed by atoms with Crippen LogP contribution in [0.5, 0.6) is 11.5 Å². The van der Waals surface area contributed by atoms with Crippen molar-refractivity contribution in [2.24, 2.45) is 0 Å². The lowest BCUT2D eigenvalue weighted by atomic mass is 10.1. The molecule has 1 rings (SSSR count). The van der Waals surface area contributed by atoms with Crippen molar-refractivity contribution in [3.05, 3.63) is 12.1 Å². The fourth-order valence-electron chi connectivity index (χ4n) is 1.53. The number of ether oxygens (including phenoxy) is 2. The van der Waals surface area contributed by atoms with Crippen molar-refractivity contribution in [2.45, 2.75) is 13.0 Å². The molecule has 4 N–H and O–H groups in total. The number of hydrogen-bond acceptors (Lipinski definition) is 6. The number of nitrogen functional groups attached to an aromatic ring is 1. The Kier molecular flexibility index (Phi) is 4.57. The smallest absolute Gasteiger partial charge is 0.333 e. The number of aliphatic carboxylic acids is 1. The molecule has 0 radical (unpaired) electrons. The monoisotopic (exact) mass is 268 g/mol. The van der Waals surface area contributed by atoms with Crippen LogP contribution in [-0.4, -0.2) is 37.1 Å². The molecule has 0 heterocycles.